The summed E-state index contributed by atoms with van der Waals surface area (Å²) < 4.78 is 0. The second kappa shape index (κ2) is 13.7. The van der Waals surface area contributed by atoms with Gasteiger partial charge in [0.15, 0.2) is 0 Å². The van der Waals surface area contributed by atoms with Gasteiger partial charge in [-0.15, -0.1) is 0 Å². The number of para-hydroxylation sites is 1. The van der Waals surface area contributed by atoms with E-state index in [2.05, 4.69) is 38.0 Å². The number of piperidine rings is 2. The Morgan fingerprint density at radius 3 is 2.39 bits per heavy atom. The smallest absolute Gasteiger partial charge is 0.322 e. The van der Waals surface area contributed by atoms with Gasteiger partial charge in [0.25, 0.3) is 0 Å². The molecule has 2 aromatic carbocycles. The van der Waals surface area contributed by atoms with E-state index >= 15 is 0 Å². The van der Waals surface area contributed by atoms with Crippen LogP contribution in [0.25, 0.3) is 10.9 Å². The van der Waals surface area contributed by atoms with Gasteiger partial charge in [-0.2, -0.15) is 0 Å². The van der Waals surface area contributed by atoms with E-state index in [1.54, 1.807) is 0 Å². The summed E-state index contributed by atoms with van der Waals surface area (Å²) in [5.41, 5.74) is 4.10. The van der Waals surface area contributed by atoms with Crippen LogP contribution < -0.4 is 16.0 Å². The van der Waals surface area contributed by atoms with Gasteiger partial charge < -0.3 is 35.6 Å². The summed E-state index contributed by atoms with van der Waals surface area (Å²) in [6.45, 7) is 7.34. The predicted octanol–water partition coefficient (Wildman–Crippen LogP) is 3.24. The van der Waals surface area contributed by atoms with Crippen LogP contribution in [0.2, 0.25) is 0 Å². The molecule has 5 heterocycles. The van der Waals surface area contributed by atoms with E-state index in [-0.39, 0.29) is 24.0 Å². The minimum atomic E-state index is -0.646. The normalized spacial score (nSPS) is 21.0. The molecule has 3 fully saturated rings. The molecule has 11 nitrogen and oxygen atoms in total. The van der Waals surface area contributed by atoms with Crippen LogP contribution in [-0.4, -0.2) is 120 Å². The van der Waals surface area contributed by atoms with Crippen molar-refractivity contribution in [3.8, 4) is 0 Å². The standard InChI is InChI=1S/C35H46N8O3/c44-33(41-16-9-28(10-17-41)40-21-14-36-15-22-40)32(24-25-5-6-30-27(23-25)7-13-37-30)39-34(45)42-18-11-29(12-19-42)43-20-8-26-3-1-2-4-31(26)38-35(43)46/h1-7,13,23,28-29,32,36-37H,8-12,14-22,24H2,(H,38,46)(H,39,45). The second-order valence-electron chi connectivity index (χ2n) is 13.2. The average Bonchev–Trinajstić information content (AvgIpc) is 3.50. The van der Waals surface area contributed by atoms with Crippen LogP contribution in [0.3, 0.4) is 0 Å². The third-order valence-electron chi connectivity index (χ3n) is 10.4. The molecule has 3 saturated heterocycles. The molecule has 1 atom stereocenters. The number of hydrogen-bond donors (Lipinski definition) is 4. The Morgan fingerprint density at radius 2 is 1.59 bits per heavy atom. The largest absolute Gasteiger partial charge is 0.361 e. The zero-order valence-electron chi connectivity index (χ0n) is 26.5. The summed E-state index contributed by atoms with van der Waals surface area (Å²) in [6, 6.07) is 15.8. The summed E-state index contributed by atoms with van der Waals surface area (Å²) in [4.78, 5) is 52.3. The number of fused-ring (bicyclic) bond motifs is 2. The van der Waals surface area contributed by atoms with E-state index in [1.165, 1.54) is 0 Å². The number of carbonyl (C=O) groups excluding carboxylic acids is 3. The molecule has 5 amide bonds. The van der Waals surface area contributed by atoms with Crippen LogP contribution in [0.5, 0.6) is 0 Å². The lowest BCUT2D eigenvalue weighted by atomic mass is 9.99. The molecule has 4 aliphatic rings. The Balaban J connectivity index is 0.986. The minimum absolute atomic E-state index is 0.00281. The number of nitrogens with zero attached hydrogens (tertiary/aromatic N) is 4. The molecule has 0 bridgehead atoms. The van der Waals surface area contributed by atoms with Crippen molar-refractivity contribution in [1.29, 1.82) is 0 Å². The lowest BCUT2D eigenvalue weighted by Crippen LogP contribution is -2.58. The number of carbonyl (C=O) groups is 3. The maximum absolute atomic E-state index is 14.0. The van der Waals surface area contributed by atoms with E-state index in [4.69, 9.17) is 0 Å². The number of anilines is 1. The third kappa shape index (κ3) is 6.71. The Bertz CT molecular complexity index is 1540. The first kappa shape index (κ1) is 30.6. The fraction of sp³-hybridized carbons (Fsp3) is 0.514. The molecule has 4 N–H and O–H groups in total. The van der Waals surface area contributed by atoms with Crippen LogP contribution in [0.4, 0.5) is 15.3 Å². The van der Waals surface area contributed by atoms with Gasteiger partial charge in [0.2, 0.25) is 5.91 Å². The van der Waals surface area contributed by atoms with Gasteiger partial charge in [0.05, 0.1) is 0 Å². The second-order valence-corrected chi connectivity index (χ2v) is 13.2. The number of likely N-dealkylation sites (tertiary alicyclic amines) is 2. The van der Waals surface area contributed by atoms with Crippen molar-refractivity contribution >= 4 is 34.6 Å². The Morgan fingerprint density at radius 1 is 0.848 bits per heavy atom. The SMILES string of the molecule is O=C(NC(Cc1ccc2[nH]ccc2c1)C(=O)N1CCC(N2CCNCC2)CC1)N1CCC(N2CCc3ccccc3NC2=O)CC1. The van der Waals surface area contributed by atoms with Gasteiger partial charge in [-0.1, -0.05) is 24.3 Å². The van der Waals surface area contributed by atoms with Crippen molar-refractivity contribution in [1.82, 2.24) is 35.2 Å². The molecule has 3 aromatic rings. The van der Waals surface area contributed by atoms with Crippen molar-refractivity contribution in [3.63, 3.8) is 0 Å². The van der Waals surface area contributed by atoms with Crippen molar-refractivity contribution in [3.05, 3.63) is 65.9 Å². The van der Waals surface area contributed by atoms with E-state index in [0.29, 0.717) is 58.0 Å². The number of H-pyrrole nitrogens is 1. The predicted molar refractivity (Wildman–Crippen MR) is 179 cm³/mol. The molecular weight excluding hydrogens is 580 g/mol. The summed E-state index contributed by atoms with van der Waals surface area (Å²) in [7, 11) is 0. The fourth-order valence-electron chi connectivity index (χ4n) is 7.74. The van der Waals surface area contributed by atoms with Crippen molar-refractivity contribution in [2.75, 3.05) is 64.2 Å². The summed E-state index contributed by atoms with van der Waals surface area (Å²) >= 11 is 0. The average molecular weight is 627 g/mol. The maximum Gasteiger partial charge on any atom is 0.322 e. The number of aromatic nitrogens is 1. The summed E-state index contributed by atoms with van der Waals surface area (Å²) in [5.74, 6) is -0.00281. The van der Waals surface area contributed by atoms with Gasteiger partial charge in [-0.05, 0) is 72.9 Å². The van der Waals surface area contributed by atoms with E-state index < -0.39 is 6.04 Å². The Hall–Kier alpha value is -4.09. The number of rotatable bonds is 6. The molecule has 1 aromatic heterocycles. The first-order valence-electron chi connectivity index (χ1n) is 17.0. The zero-order chi connectivity index (χ0) is 31.5. The fourth-order valence-corrected chi connectivity index (χ4v) is 7.74. The quantitative estimate of drug-likeness (QED) is 0.336. The molecule has 7 rings (SSSR count). The van der Waals surface area contributed by atoms with Gasteiger partial charge >= 0.3 is 12.1 Å². The number of hydrogen-bond acceptors (Lipinski definition) is 5. The molecule has 0 radical (unpaired) electrons. The summed E-state index contributed by atoms with van der Waals surface area (Å²) in [5, 5.41) is 10.7. The Kier molecular flexibility index (Phi) is 9.12. The number of amides is 5. The minimum Gasteiger partial charge on any atom is -0.361 e. The summed E-state index contributed by atoms with van der Waals surface area (Å²) in [6.07, 6.45) is 6.50. The highest BCUT2D eigenvalue weighted by Gasteiger charge is 2.35. The van der Waals surface area contributed by atoms with Gasteiger partial charge in [0.1, 0.15) is 6.04 Å². The lowest BCUT2D eigenvalue weighted by molar-refractivity contribution is -0.134. The molecule has 4 aliphatic heterocycles. The molecule has 46 heavy (non-hydrogen) atoms. The van der Waals surface area contributed by atoms with Crippen LogP contribution in [0, 0.1) is 0 Å². The number of urea groups is 2. The van der Waals surface area contributed by atoms with Gasteiger partial charge in [0, 0.05) is 94.8 Å². The molecular formula is C35H46N8O3. The molecule has 244 valence electrons. The monoisotopic (exact) mass is 626 g/mol. The van der Waals surface area contributed by atoms with Crippen LogP contribution in [0.15, 0.2) is 54.7 Å². The number of benzene rings is 2. The highest BCUT2D eigenvalue weighted by atomic mass is 16.2. The highest BCUT2D eigenvalue weighted by molar-refractivity contribution is 5.91. The maximum atomic E-state index is 14.0. The molecule has 0 spiro atoms. The molecule has 0 saturated carbocycles. The lowest BCUT2D eigenvalue weighted by Gasteiger charge is -2.41. The van der Waals surface area contributed by atoms with Gasteiger partial charge in [-0.25, -0.2) is 9.59 Å². The topological polar surface area (TPSA) is 116 Å². The number of piperazine rings is 1. The number of nitrogens with one attached hydrogen (secondary N) is 4. The van der Waals surface area contributed by atoms with Crippen molar-refractivity contribution < 1.29 is 14.4 Å². The van der Waals surface area contributed by atoms with Crippen molar-refractivity contribution in [2.24, 2.45) is 0 Å². The first-order chi connectivity index (χ1) is 22.5. The van der Waals surface area contributed by atoms with E-state index in [0.717, 1.165) is 73.2 Å². The third-order valence-corrected chi connectivity index (χ3v) is 10.4. The Labute approximate surface area is 270 Å². The molecule has 1 unspecified atom stereocenters. The highest BCUT2D eigenvalue weighted by Crippen LogP contribution is 2.25. The zero-order valence-corrected chi connectivity index (χ0v) is 26.5. The van der Waals surface area contributed by atoms with Gasteiger partial charge in [-0.3, -0.25) is 9.69 Å². The first-order valence-corrected chi connectivity index (χ1v) is 17.0. The number of aromatic amines is 1. The van der Waals surface area contributed by atoms with Crippen molar-refractivity contribution in [2.45, 2.75) is 56.7 Å². The van der Waals surface area contributed by atoms with Crippen LogP contribution >= 0.6 is 0 Å². The molecule has 11 heteroatoms. The van der Waals surface area contributed by atoms with E-state index in [1.807, 2.05) is 57.3 Å². The molecule has 0 aliphatic carbocycles. The van der Waals surface area contributed by atoms with E-state index in [9.17, 15) is 14.4 Å². The van der Waals surface area contributed by atoms with Crippen LogP contribution in [0.1, 0.15) is 36.8 Å². The van der Waals surface area contributed by atoms with Crippen LogP contribution in [-0.2, 0) is 17.6 Å².